The van der Waals surface area contributed by atoms with Gasteiger partial charge in [0.2, 0.25) is 0 Å². The molecule has 0 aliphatic carbocycles. The molecule has 0 spiro atoms. The van der Waals surface area contributed by atoms with Crippen LogP contribution in [-0.4, -0.2) is 23.1 Å². The Morgan fingerprint density at radius 3 is 1.10 bits per heavy atom. The molecule has 0 amide bonds. The number of rotatable bonds is 2. The first kappa shape index (κ1) is 17.4. The van der Waals surface area contributed by atoms with Gasteiger partial charge in [-0.1, -0.05) is 27.7 Å². The fourth-order valence-corrected chi connectivity index (χ4v) is 0.667. The smallest absolute Gasteiger partial charge is 1.00 e. The fourth-order valence-electron chi connectivity index (χ4n) is 0.667. The van der Waals surface area contributed by atoms with Crippen LogP contribution in [0.2, 0.25) is 0 Å². The minimum Gasteiger partial charge on any atom is -1.00 e. The molecule has 0 aromatic rings. The molecule has 0 saturated carbocycles. The zero-order chi connectivity index (χ0) is 6.73. The van der Waals surface area contributed by atoms with Gasteiger partial charge in [-0.15, -0.1) is 0 Å². The normalized spacial score (nSPS) is 9.60. The number of hydrogen-bond acceptors (Lipinski definition) is 0. The van der Waals surface area contributed by atoms with Gasteiger partial charge in [0.05, 0.1) is 0 Å². The van der Waals surface area contributed by atoms with E-state index in [2.05, 4.69) is 34.6 Å². The van der Waals surface area contributed by atoms with E-state index in [0.29, 0.717) is 0 Å². The summed E-state index contributed by atoms with van der Waals surface area (Å²) in [4.78, 5) is 0. The molecule has 0 unspecified atom stereocenters. The summed E-state index contributed by atoms with van der Waals surface area (Å²) in [5, 5.41) is 0. The summed E-state index contributed by atoms with van der Waals surface area (Å²) in [6, 6.07) is 0. The minimum atomic E-state index is 0. The molecule has 0 heterocycles. The van der Waals surface area contributed by atoms with Crippen molar-refractivity contribution in [3.05, 3.63) is 5.92 Å². The Morgan fingerprint density at radius 1 is 0.900 bits per heavy atom. The van der Waals surface area contributed by atoms with Gasteiger partial charge < -0.3 is 22.9 Å². The van der Waals surface area contributed by atoms with E-state index in [1.54, 1.807) is 5.92 Å². The second kappa shape index (κ2) is 8.34. The van der Waals surface area contributed by atoms with Crippen LogP contribution in [0.25, 0.3) is 0 Å². The molecule has 0 saturated heterocycles. The van der Waals surface area contributed by atoms with Crippen LogP contribution in [0.15, 0.2) is 0 Å². The van der Waals surface area contributed by atoms with Gasteiger partial charge in [-0.2, -0.15) is 18.8 Å². The molecular formula is C8H17BrMg. The Morgan fingerprint density at radius 2 is 1.10 bits per heavy atom. The first-order valence-corrected chi connectivity index (χ1v) is 3.39. The Labute approximate surface area is 92.1 Å². The molecular weight excluding hydrogens is 200 g/mol. The van der Waals surface area contributed by atoms with Gasteiger partial charge in [0.15, 0.2) is 0 Å². The third kappa shape index (κ3) is 7.35. The molecule has 0 rings (SSSR count). The molecule has 0 aromatic heterocycles. The average Bonchev–Trinajstić information content (AvgIpc) is 1.64. The zero-order valence-corrected chi connectivity index (χ0v) is 10.7. The average molecular weight is 217 g/mol. The SMILES string of the molecule is C[C-](C(C)C)C(C)C.[Br-].[Mg+2]. The van der Waals surface area contributed by atoms with Crippen LogP contribution in [0.5, 0.6) is 0 Å². The molecule has 0 nitrogen and oxygen atoms in total. The molecule has 0 aliphatic rings. The van der Waals surface area contributed by atoms with Gasteiger partial charge >= 0.3 is 23.1 Å². The summed E-state index contributed by atoms with van der Waals surface area (Å²) < 4.78 is 0. The Bertz CT molecular complexity index is 54.3. The van der Waals surface area contributed by atoms with E-state index in [1.807, 2.05) is 0 Å². The van der Waals surface area contributed by atoms with Crippen LogP contribution in [0.3, 0.4) is 0 Å². The van der Waals surface area contributed by atoms with Crippen LogP contribution in [0.4, 0.5) is 0 Å². The van der Waals surface area contributed by atoms with E-state index in [4.69, 9.17) is 0 Å². The van der Waals surface area contributed by atoms with Crippen molar-refractivity contribution in [2.45, 2.75) is 34.6 Å². The van der Waals surface area contributed by atoms with E-state index in [0.717, 1.165) is 11.8 Å². The molecule has 0 fully saturated rings. The summed E-state index contributed by atoms with van der Waals surface area (Å²) in [7, 11) is 0. The summed E-state index contributed by atoms with van der Waals surface area (Å²) in [6.45, 7) is 11.2. The van der Waals surface area contributed by atoms with Crippen molar-refractivity contribution < 1.29 is 17.0 Å². The maximum atomic E-state index is 2.25. The Hall–Kier alpha value is 1.25. The van der Waals surface area contributed by atoms with E-state index in [9.17, 15) is 0 Å². The van der Waals surface area contributed by atoms with Crippen molar-refractivity contribution in [1.82, 2.24) is 0 Å². The third-order valence-corrected chi connectivity index (χ3v) is 1.82. The van der Waals surface area contributed by atoms with Crippen molar-refractivity contribution in [3.63, 3.8) is 0 Å². The standard InChI is InChI=1S/C8H17.BrH.Mg/c1-6(2)8(5)7(3)4;;/h6-7H,1-5H3;1H;/q-1;;+2/p-1. The third-order valence-electron chi connectivity index (χ3n) is 1.82. The molecule has 0 bridgehead atoms. The van der Waals surface area contributed by atoms with Crippen molar-refractivity contribution in [2.24, 2.45) is 11.8 Å². The quantitative estimate of drug-likeness (QED) is 0.433. The van der Waals surface area contributed by atoms with Crippen LogP contribution in [-0.2, 0) is 0 Å². The second-order valence-electron chi connectivity index (χ2n) is 3.05. The molecule has 0 atom stereocenters. The number of hydrogen-bond donors (Lipinski definition) is 0. The van der Waals surface area contributed by atoms with Gasteiger partial charge in [0.25, 0.3) is 0 Å². The summed E-state index contributed by atoms with van der Waals surface area (Å²) in [5.41, 5.74) is 0. The van der Waals surface area contributed by atoms with E-state index in [-0.39, 0.29) is 40.0 Å². The van der Waals surface area contributed by atoms with Crippen LogP contribution >= 0.6 is 0 Å². The first-order chi connectivity index (χ1) is 3.55. The Balaban J connectivity index is -0.000000245. The van der Waals surface area contributed by atoms with Crippen molar-refractivity contribution in [3.8, 4) is 0 Å². The zero-order valence-electron chi connectivity index (χ0n) is 7.74. The summed E-state index contributed by atoms with van der Waals surface area (Å²) in [5.74, 6) is 3.12. The molecule has 2 heteroatoms. The first-order valence-electron chi connectivity index (χ1n) is 3.39. The molecule has 10 heavy (non-hydrogen) atoms. The van der Waals surface area contributed by atoms with Gasteiger partial charge in [-0.05, 0) is 0 Å². The van der Waals surface area contributed by atoms with E-state index in [1.165, 1.54) is 0 Å². The van der Waals surface area contributed by atoms with Gasteiger partial charge in [0, 0.05) is 0 Å². The van der Waals surface area contributed by atoms with Crippen LogP contribution in [0.1, 0.15) is 34.6 Å². The van der Waals surface area contributed by atoms with Crippen molar-refractivity contribution in [2.75, 3.05) is 0 Å². The van der Waals surface area contributed by atoms with Gasteiger partial charge in [-0.3, -0.25) is 0 Å². The minimum absolute atomic E-state index is 0. The van der Waals surface area contributed by atoms with Gasteiger partial charge in [-0.25, -0.2) is 0 Å². The van der Waals surface area contributed by atoms with Crippen molar-refractivity contribution in [1.29, 1.82) is 0 Å². The fraction of sp³-hybridized carbons (Fsp3) is 0.875. The molecule has 0 N–H and O–H groups in total. The summed E-state index contributed by atoms with van der Waals surface area (Å²) >= 11 is 0. The van der Waals surface area contributed by atoms with Crippen LogP contribution in [0, 0.1) is 17.8 Å². The van der Waals surface area contributed by atoms with Gasteiger partial charge in [0.1, 0.15) is 0 Å². The van der Waals surface area contributed by atoms with Crippen molar-refractivity contribution >= 4 is 23.1 Å². The number of halogens is 1. The topological polar surface area (TPSA) is 0 Å². The second-order valence-corrected chi connectivity index (χ2v) is 3.05. The maximum Gasteiger partial charge on any atom is 2.00 e. The Kier molecular flexibility index (Phi) is 14.5. The molecule has 0 radical (unpaired) electrons. The molecule has 58 valence electrons. The predicted molar refractivity (Wildman–Crippen MR) is 44.3 cm³/mol. The molecule has 0 aliphatic heterocycles. The summed E-state index contributed by atoms with van der Waals surface area (Å²) in [6.07, 6.45) is 0. The molecule has 0 aromatic carbocycles. The largest absolute Gasteiger partial charge is 2.00 e. The predicted octanol–water partition coefficient (Wildman–Crippen LogP) is -0.484. The van der Waals surface area contributed by atoms with Crippen LogP contribution < -0.4 is 17.0 Å². The van der Waals surface area contributed by atoms with E-state index < -0.39 is 0 Å². The maximum absolute atomic E-state index is 2.25. The van der Waals surface area contributed by atoms with E-state index >= 15 is 0 Å². The monoisotopic (exact) mass is 216 g/mol.